The Hall–Kier alpha value is -2.34. The Bertz CT molecular complexity index is 960. The predicted molar refractivity (Wildman–Crippen MR) is 114 cm³/mol. The number of rotatable bonds is 6. The van der Waals surface area contributed by atoms with E-state index in [9.17, 15) is 20.1 Å². The Morgan fingerprint density at radius 2 is 2.00 bits per heavy atom. The molecule has 0 aromatic carbocycles. The first-order valence-corrected chi connectivity index (χ1v) is 10.9. The van der Waals surface area contributed by atoms with Crippen LogP contribution in [0, 0.1) is 5.41 Å². The number of nitrogens with one attached hydrogen (secondary N) is 1. The summed E-state index contributed by atoms with van der Waals surface area (Å²) in [5.74, 6) is 0.0947. The summed E-state index contributed by atoms with van der Waals surface area (Å²) in [5.41, 5.74) is 0.665. The van der Waals surface area contributed by atoms with Gasteiger partial charge in [0.2, 0.25) is 0 Å². The summed E-state index contributed by atoms with van der Waals surface area (Å²) in [6.07, 6.45) is 0.776. The lowest BCUT2D eigenvalue weighted by atomic mass is 9.92. The molecule has 2 aromatic rings. The summed E-state index contributed by atoms with van der Waals surface area (Å²) >= 11 is 0. The number of ether oxygens (including phenoxy) is 2. The number of carbonyl (C=O) groups excluding carboxylic acids is 1. The second-order valence-corrected chi connectivity index (χ2v) is 9.76. The smallest absolute Gasteiger partial charge is 0.306 e. The van der Waals surface area contributed by atoms with E-state index in [1.165, 1.54) is 17.2 Å². The minimum absolute atomic E-state index is 0.111. The Kier molecular flexibility index (Phi) is 6.35. The summed E-state index contributed by atoms with van der Waals surface area (Å²) in [4.78, 5) is 24.9. The number of aliphatic hydroxyl groups is 3. The number of anilines is 1. The van der Waals surface area contributed by atoms with Gasteiger partial charge in [0.05, 0.1) is 24.9 Å². The molecule has 1 aliphatic heterocycles. The molecule has 11 heteroatoms. The summed E-state index contributed by atoms with van der Waals surface area (Å²) < 4.78 is 12.6. The third kappa shape index (κ3) is 4.70. The standard InChI is InChI=1S/C21H31N5O6/c1-21(2,3)7-14(28)31-8-13-16(29)17(30)20(32-13)26-10-24-15-18(22-9-23-19(15)26)25-11-5-4-6-12(11)27/h9-13,16-17,20,27,29-30H,4-8H2,1-3H3,(H,22,23,25)/t11-,12-,13-,16-,17-,20-/m1/s1. The number of carbonyl (C=O) groups is 1. The maximum Gasteiger partial charge on any atom is 0.306 e. The molecule has 2 aromatic heterocycles. The van der Waals surface area contributed by atoms with E-state index < -0.39 is 36.6 Å². The van der Waals surface area contributed by atoms with Crippen molar-refractivity contribution in [1.29, 1.82) is 0 Å². The average molecular weight is 450 g/mol. The monoisotopic (exact) mass is 449 g/mol. The molecule has 1 saturated carbocycles. The highest BCUT2D eigenvalue weighted by Crippen LogP contribution is 2.33. The van der Waals surface area contributed by atoms with Crippen LogP contribution in [0.15, 0.2) is 12.7 Å². The van der Waals surface area contributed by atoms with E-state index in [1.807, 2.05) is 20.8 Å². The van der Waals surface area contributed by atoms with Gasteiger partial charge >= 0.3 is 5.97 Å². The molecule has 0 amide bonds. The molecule has 4 rings (SSSR count). The van der Waals surface area contributed by atoms with Crippen LogP contribution in [-0.4, -0.2) is 77.9 Å². The molecule has 6 atom stereocenters. The molecular formula is C21H31N5O6. The van der Waals surface area contributed by atoms with Gasteiger partial charge in [0.1, 0.15) is 31.2 Å². The number of imidazole rings is 1. The van der Waals surface area contributed by atoms with Crippen LogP contribution in [0.2, 0.25) is 0 Å². The van der Waals surface area contributed by atoms with Crippen LogP contribution in [-0.2, 0) is 14.3 Å². The Morgan fingerprint density at radius 1 is 1.22 bits per heavy atom. The van der Waals surface area contributed by atoms with Gasteiger partial charge in [-0.3, -0.25) is 9.36 Å². The van der Waals surface area contributed by atoms with Crippen molar-refractivity contribution in [3.8, 4) is 0 Å². The number of hydrogen-bond donors (Lipinski definition) is 4. The van der Waals surface area contributed by atoms with Gasteiger partial charge in [-0.15, -0.1) is 0 Å². The minimum Gasteiger partial charge on any atom is -0.463 e. The second-order valence-electron chi connectivity index (χ2n) is 9.76. The predicted octanol–water partition coefficient (Wildman–Crippen LogP) is 0.750. The van der Waals surface area contributed by atoms with E-state index in [1.54, 1.807) is 0 Å². The van der Waals surface area contributed by atoms with Gasteiger partial charge in [0.25, 0.3) is 0 Å². The summed E-state index contributed by atoms with van der Waals surface area (Å²) in [6, 6.07) is -0.111. The van der Waals surface area contributed by atoms with Crippen LogP contribution in [0.4, 0.5) is 5.82 Å². The van der Waals surface area contributed by atoms with Gasteiger partial charge < -0.3 is 30.1 Å². The first-order chi connectivity index (χ1) is 15.1. The highest BCUT2D eigenvalue weighted by Gasteiger charge is 2.45. The summed E-state index contributed by atoms with van der Waals surface area (Å²) in [6.45, 7) is 5.62. The number of aliphatic hydroxyl groups excluding tert-OH is 3. The van der Waals surface area contributed by atoms with Gasteiger partial charge in [0, 0.05) is 0 Å². The van der Waals surface area contributed by atoms with Crippen LogP contribution < -0.4 is 5.32 Å². The fourth-order valence-corrected chi connectivity index (χ4v) is 4.18. The summed E-state index contributed by atoms with van der Waals surface area (Å²) in [5, 5.41) is 34.4. The molecular weight excluding hydrogens is 418 g/mol. The first-order valence-electron chi connectivity index (χ1n) is 10.9. The molecule has 0 bridgehead atoms. The molecule has 2 aliphatic rings. The molecule has 32 heavy (non-hydrogen) atoms. The molecule has 1 aliphatic carbocycles. The average Bonchev–Trinajstić information content (AvgIpc) is 3.39. The molecule has 0 radical (unpaired) electrons. The maximum atomic E-state index is 12.0. The van der Waals surface area contributed by atoms with Crippen LogP contribution in [0.3, 0.4) is 0 Å². The SMILES string of the molecule is CC(C)(C)CC(=O)OC[C@H]1O[C@@H](n2cnc3c(N[C@@H]4CCC[C@H]4O)ncnc32)[C@H](O)[C@@H]1O. The lowest BCUT2D eigenvalue weighted by Crippen LogP contribution is -2.34. The van der Waals surface area contributed by atoms with Crippen molar-refractivity contribution in [2.75, 3.05) is 11.9 Å². The lowest BCUT2D eigenvalue weighted by molar-refractivity contribution is -0.152. The van der Waals surface area contributed by atoms with E-state index in [4.69, 9.17) is 9.47 Å². The Morgan fingerprint density at radius 3 is 2.69 bits per heavy atom. The fourth-order valence-electron chi connectivity index (χ4n) is 4.18. The third-order valence-electron chi connectivity index (χ3n) is 5.85. The molecule has 0 spiro atoms. The van der Waals surface area contributed by atoms with Gasteiger partial charge in [0.15, 0.2) is 23.2 Å². The van der Waals surface area contributed by atoms with E-state index in [2.05, 4.69) is 20.3 Å². The number of fused-ring (bicyclic) bond motifs is 1. The van der Waals surface area contributed by atoms with Crippen LogP contribution in [0.25, 0.3) is 11.2 Å². The second kappa shape index (κ2) is 8.89. The number of hydrogen-bond acceptors (Lipinski definition) is 10. The Labute approximate surface area is 185 Å². The largest absolute Gasteiger partial charge is 0.463 e. The third-order valence-corrected chi connectivity index (χ3v) is 5.85. The van der Waals surface area contributed by atoms with Gasteiger partial charge in [-0.2, -0.15) is 0 Å². The van der Waals surface area contributed by atoms with Crippen molar-refractivity contribution < 1.29 is 29.6 Å². The molecule has 176 valence electrons. The van der Waals surface area contributed by atoms with Crippen LogP contribution in [0.1, 0.15) is 52.7 Å². The van der Waals surface area contributed by atoms with E-state index in [-0.39, 0.29) is 24.5 Å². The van der Waals surface area contributed by atoms with Crippen molar-refractivity contribution >= 4 is 23.0 Å². The quantitative estimate of drug-likeness (QED) is 0.465. The molecule has 1 saturated heterocycles. The van der Waals surface area contributed by atoms with Crippen molar-refractivity contribution in [3.05, 3.63) is 12.7 Å². The highest BCUT2D eigenvalue weighted by molar-refractivity contribution is 5.82. The highest BCUT2D eigenvalue weighted by atomic mass is 16.6. The minimum atomic E-state index is -1.26. The molecule has 0 unspecified atom stereocenters. The Balaban J connectivity index is 1.48. The first kappa shape index (κ1) is 22.8. The van der Waals surface area contributed by atoms with Gasteiger partial charge in [-0.25, -0.2) is 15.0 Å². The number of esters is 1. The van der Waals surface area contributed by atoms with Crippen molar-refractivity contribution in [3.63, 3.8) is 0 Å². The molecule has 11 nitrogen and oxygen atoms in total. The molecule has 4 N–H and O–H groups in total. The molecule has 3 heterocycles. The van der Waals surface area contributed by atoms with Crippen molar-refractivity contribution in [2.45, 2.75) is 83.1 Å². The van der Waals surface area contributed by atoms with Gasteiger partial charge in [-0.1, -0.05) is 20.8 Å². The zero-order valence-electron chi connectivity index (χ0n) is 18.5. The zero-order valence-corrected chi connectivity index (χ0v) is 18.5. The fraction of sp³-hybridized carbons (Fsp3) is 0.714. The number of aromatic nitrogens is 4. The van der Waals surface area contributed by atoms with Crippen LogP contribution in [0.5, 0.6) is 0 Å². The van der Waals surface area contributed by atoms with Crippen LogP contribution >= 0.6 is 0 Å². The number of nitrogens with zero attached hydrogens (tertiary/aromatic N) is 4. The van der Waals surface area contributed by atoms with Gasteiger partial charge in [-0.05, 0) is 24.7 Å². The van der Waals surface area contributed by atoms with E-state index >= 15 is 0 Å². The van der Waals surface area contributed by atoms with Crippen molar-refractivity contribution in [1.82, 2.24) is 19.5 Å². The van der Waals surface area contributed by atoms with E-state index in [0.29, 0.717) is 17.0 Å². The lowest BCUT2D eigenvalue weighted by Gasteiger charge is -2.19. The zero-order chi connectivity index (χ0) is 23.0. The normalized spacial score (nSPS) is 30.7. The maximum absolute atomic E-state index is 12.0. The topological polar surface area (TPSA) is 152 Å². The molecule has 2 fully saturated rings. The van der Waals surface area contributed by atoms with E-state index in [0.717, 1.165) is 19.3 Å². The summed E-state index contributed by atoms with van der Waals surface area (Å²) in [7, 11) is 0. The van der Waals surface area contributed by atoms with Crippen molar-refractivity contribution in [2.24, 2.45) is 5.41 Å².